The van der Waals surface area contributed by atoms with Gasteiger partial charge >= 0.3 is 0 Å². The number of fused-ring (bicyclic) bond motifs is 1. The zero-order valence-electron chi connectivity index (χ0n) is 6.49. The van der Waals surface area contributed by atoms with Crippen LogP contribution < -0.4 is 0 Å². The van der Waals surface area contributed by atoms with Crippen LogP contribution in [-0.2, 0) is 0 Å². The van der Waals surface area contributed by atoms with Gasteiger partial charge < -0.3 is 0 Å². The van der Waals surface area contributed by atoms with Crippen LogP contribution in [0.2, 0.25) is 0 Å². The van der Waals surface area contributed by atoms with E-state index in [0.29, 0.717) is 0 Å². The highest BCUT2D eigenvalue weighted by molar-refractivity contribution is 6.19. The van der Waals surface area contributed by atoms with Crippen molar-refractivity contribution in [2.45, 2.75) is 0 Å². The number of aromatic nitrogens is 2. The van der Waals surface area contributed by atoms with Crippen molar-refractivity contribution in [2.75, 3.05) is 0 Å². The maximum Gasteiger partial charge on any atom is 0.162 e. The monoisotopic (exact) mass is 170 g/mol. The summed E-state index contributed by atoms with van der Waals surface area (Å²) in [4.78, 5) is 1.92. The van der Waals surface area contributed by atoms with Crippen molar-refractivity contribution >= 4 is 33.3 Å². The molecule has 12 heavy (non-hydrogen) atoms. The zero-order valence-corrected chi connectivity index (χ0v) is 7.64. The molecule has 0 fully saturated rings. The van der Waals surface area contributed by atoms with Crippen molar-refractivity contribution in [3.05, 3.63) is 34.9 Å². The van der Waals surface area contributed by atoms with E-state index >= 15 is 0 Å². The van der Waals surface area contributed by atoms with Gasteiger partial charge in [-0.3, -0.25) is 5.10 Å². The van der Waals surface area contributed by atoms with Crippen LogP contribution in [0.5, 0.6) is 0 Å². The van der Waals surface area contributed by atoms with E-state index in [0.717, 1.165) is 16.6 Å². The van der Waals surface area contributed by atoms with Crippen molar-refractivity contribution in [2.24, 2.45) is 0 Å². The molecule has 56 valence electrons. The second kappa shape index (κ2) is 3.14. The van der Waals surface area contributed by atoms with Gasteiger partial charge in [-0.1, -0.05) is 24.3 Å². The molecule has 0 amide bonds. The molecule has 0 spiro atoms. The molecule has 0 saturated carbocycles. The molecule has 2 rings (SSSR count). The van der Waals surface area contributed by atoms with Gasteiger partial charge in [-0.05, 0) is 6.07 Å². The summed E-state index contributed by atoms with van der Waals surface area (Å²) in [6.07, 6.45) is 1.99. The number of nitrogens with one attached hydrogen (secondary N) is 1. The molecule has 2 radical (unpaired) electrons. The van der Waals surface area contributed by atoms with Gasteiger partial charge in [0.2, 0.25) is 0 Å². The fraction of sp³-hybridized carbons (Fsp3) is 0. The molecule has 1 heterocycles. The van der Waals surface area contributed by atoms with E-state index in [2.05, 4.69) is 32.6 Å². The first kappa shape index (κ1) is 7.60. The number of aromatic amines is 1. The molecule has 2 nitrogen and oxygen atoms in total. The Hall–Kier alpha value is -1.04. The number of hydrogen-bond donors (Lipinski definition) is 1. The van der Waals surface area contributed by atoms with Crippen molar-refractivity contribution in [1.82, 2.24) is 10.2 Å². The number of benzene rings is 1. The summed E-state index contributed by atoms with van der Waals surface area (Å²) in [7, 11) is 0. The summed E-state index contributed by atoms with van der Waals surface area (Å²) in [6, 6.07) is 8.04. The van der Waals surface area contributed by atoms with E-state index in [1.54, 1.807) is 0 Å². The van der Waals surface area contributed by atoms with Gasteiger partial charge in [0, 0.05) is 5.39 Å². The molecule has 3 heteroatoms. The standard InChI is InChI=1S/C9H7N2.Al/c1-2-8-7-5-3-4-6-9(7)11-10-8;/h1-6H,(H,10,11);. The molecule has 0 aliphatic carbocycles. The maximum atomic E-state index is 4.15. The van der Waals surface area contributed by atoms with Crippen LogP contribution in [0.1, 0.15) is 5.69 Å². The zero-order chi connectivity index (χ0) is 8.39. The summed E-state index contributed by atoms with van der Waals surface area (Å²) in [5.41, 5.74) is 2.07. The van der Waals surface area contributed by atoms with Crippen LogP contribution in [0, 0.1) is 0 Å². The average molecular weight is 170 g/mol. The first-order valence-corrected chi connectivity index (χ1v) is 4.40. The molecule has 2 aromatic rings. The molecular formula is C9H7AlN2. The Morgan fingerprint density at radius 2 is 2.17 bits per heavy atom. The summed E-state index contributed by atoms with van der Waals surface area (Å²) >= 11 is 2.54. The van der Waals surface area contributed by atoms with Crippen LogP contribution in [0.15, 0.2) is 29.2 Å². The largest absolute Gasteiger partial charge is 0.277 e. The molecular weight excluding hydrogens is 163 g/mol. The van der Waals surface area contributed by atoms with E-state index in [1.165, 1.54) is 0 Å². The second-order valence-corrected chi connectivity index (χ2v) is 2.90. The van der Waals surface area contributed by atoms with Crippen LogP contribution in [0.3, 0.4) is 0 Å². The molecule has 0 bridgehead atoms. The Morgan fingerprint density at radius 3 is 3.00 bits per heavy atom. The van der Waals surface area contributed by atoms with Gasteiger partial charge in [-0.15, -0.1) is 0 Å². The number of rotatable bonds is 1. The van der Waals surface area contributed by atoms with Crippen molar-refractivity contribution < 1.29 is 0 Å². The third-order valence-electron chi connectivity index (χ3n) is 1.75. The Bertz CT molecular complexity index is 417. The minimum atomic E-state index is 1.01. The molecule has 0 unspecified atom stereocenters. The molecule has 0 atom stereocenters. The third-order valence-corrected chi connectivity index (χ3v) is 1.95. The van der Waals surface area contributed by atoms with Crippen LogP contribution in [-0.4, -0.2) is 26.5 Å². The Kier molecular flexibility index (Phi) is 1.99. The first-order valence-electron chi connectivity index (χ1n) is 3.73. The number of para-hydroxylation sites is 1. The number of H-pyrrole nitrogens is 1. The smallest absolute Gasteiger partial charge is 0.162 e. The SMILES string of the molecule is [Al]/[CH]=C/c1[nH]nc2ccccc12. The first-order chi connectivity index (χ1) is 5.92. The fourth-order valence-corrected chi connectivity index (χ4v) is 1.40. The van der Waals surface area contributed by atoms with Gasteiger partial charge in [0.15, 0.2) is 16.3 Å². The van der Waals surface area contributed by atoms with Crippen LogP contribution >= 0.6 is 0 Å². The molecule has 0 aliphatic heterocycles. The minimum Gasteiger partial charge on any atom is -0.277 e. The molecule has 1 aromatic carbocycles. The second-order valence-electron chi connectivity index (χ2n) is 2.51. The van der Waals surface area contributed by atoms with E-state index in [-0.39, 0.29) is 0 Å². The van der Waals surface area contributed by atoms with E-state index in [9.17, 15) is 0 Å². The fourth-order valence-electron chi connectivity index (χ4n) is 1.20. The van der Waals surface area contributed by atoms with E-state index < -0.39 is 0 Å². The lowest BCUT2D eigenvalue weighted by atomic mass is 10.2. The minimum absolute atomic E-state index is 1.01. The van der Waals surface area contributed by atoms with E-state index in [1.807, 2.05) is 29.2 Å². The lowest BCUT2D eigenvalue weighted by Crippen LogP contribution is -1.70. The van der Waals surface area contributed by atoms with Gasteiger partial charge in [0.05, 0.1) is 11.2 Å². The molecule has 0 saturated heterocycles. The van der Waals surface area contributed by atoms with Gasteiger partial charge in [0.25, 0.3) is 0 Å². The molecule has 1 aromatic heterocycles. The predicted molar refractivity (Wildman–Crippen MR) is 50.9 cm³/mol. The highest BCUT2D eigenvalue weighted by Crippen LogP contribution is 2.15. The highest BCUT2D eigenvalue weighted by atomic mass is 27.0. The van der Waals surface area contributed by atoms with Gasteiger partial charge in [0.1, 0.15) is 0 Å². The quantitative estimate of drug-likeness (QED) is 0.648. The lowest BCUT2D eigenvalue weighted by molar-refractivity contribution is 1.11. The average Bonchev–Trinajstić information content (AvgIpc) is 2.50. The maximum absolute atomic E-state index is 4.15. The van der Waals surface area contributed by atoms with E-state index in [4.69, 9.17) is 0 Å². The van der Waals surface area contributed by atoms with Crippen molar-refractivity contribution in [3.63, 3.8) is 0 Å². The summed E-state index contributed by atoms with van der Waals surface area (Å²) in [6.45, 7) is 0. The number of hydrogen-bond acceptors (Lipinski definition) is 1. The Morgan fingerprint density at radius 1 is 1.33 bits per heavy atom. The highest BCUT2D eigenvalue weighted by Gasteiger charge is 1.98. The van der Waals surface area contributed by atoms with Gasteiger partial charge in [-0.2, -0.15) is 10.0 Å². The topological polar surface area (TPSA) is 28.7 Å². The third kappa shape index (κ3) is 1.18. The van der Waals surface area contributed by atoms with Crippen molar-refractivity contribution in [3.8, 4) is 0 Å². The van der Waals surface area contributed by atoms with Crippen molar-refractivity contribution in [1.29, 1.82) is 0 Å². The van der Waals surface area contributed by atoms with Crippen LogP contribution in [0.4, 0.5) is 0 Å². The Labute approximate surface area is 78.7 Å². The Balaban J connectivity index is 2.70. The lowest BCUT2D eigenvalue weighted by Gasteiger charge is -1.87. The molecule has 1 N–H and O–H groups in total. The van der Waals surface area contributed by atoms with Gasteiger partial charge in [-0.25, -0.2) is 0 Å². The number of nitrogens with zero attached hydrogens (tertiary/aromatic N) is 1. The summed E-state index contributed by atoms with van der Waals surface area (Å²) < 4.78 is 0. The summed E-state index contributed by atoms with van der Waals surface area (Å²) in [5, 5.41) is 8.28. The molecule has 0 aliphatic rings. The normalized spacial score (nSPS) is 11.3. The summed E-state index contributed by atoms with van der Waals surface area (Å²) in [5.74, 6) is 0. The predicted octanol–water partition coefficient (Wildman–Crippen LogP) is 1.70. The van der Waals surface area contributed by atoms with Crippen LogP contribution in [0.25, 0.3) is 17.0 Å².